The van der Waals surface area contributed by atoms with Crippen molar-refractivity contribution in [2.45, 2.75) is 23.5 Å². The monoisotopic (exact) mass is 437 g/mol. The summed E-state index contributed by atoms with van der Waals surface area (Å²) >= 11 is 1.25. The summed E-state index contributed by atoms with van der Waals surface area (Å²) < 4.78 is 26.3. The second-order valence-corrected chi connectivity index (χ2v) is 7.49. The second kappa shape index (κ2) is 9.15. The number of nitro groups is 1. The predicted octanol–water partition coefficient (Wildman–Crippen LogP) is 1.19. The topological polar surface area (TPSA) is 139 Å². The normalized spacial score (nSPS) is 21.0. The molecule has 1 aliphatic rings. The van der Waals surface area contributed by atoms with Crippen LogP contribution in [0.3, 0.4) is 0 Å². The number of nitrogens with zero attached hydrogens (tertiary/aromatic N) is 1. The van der Waals surface area contributed by atoms with E-state index in [1.54, 1.807) is 12.1 Å². The van der Waals surface area contributed by atoms with Gasteiger partial charge in [0.25, 0.3) is 11.6 Å². The number of hydrogen-bond acceptors (Lipinski definition) is 7. The average molecular weight is 437 g/mol. The molecular formula is C18H17F2N5O4S. The molecule has 0 saturated carbocycles. The van der Waals surface area contributed by atoms with Crippen molar-refractivity contribution in [2.24, 2.45) is 5.73 Å². The second-order valence-electron chi connectivity index (χ2n) is 6.40. The Morgan fingerprint density at radius 2 is 2.00 bits per heavy atom. The van der Waals surface area contributed by atoms with Gasteiger partial charge in [-0.05, 0) is 23.8 Å². The number of amides is 2. The molecule has 0 radical (unpaired) electrons. The van der Waals surface area contributed by atoms with Gasteiger partial charge in [-0.3, -0.25) is 25.0 Å². The van der Waals surface area contributed by atoms with Gasteiger partial charge in [0.2, 0.25) is 5.91 Å². The molecule has 0 spiro atoms. The fourth-order valence-electron chi connectivity index (χ4n) is 2.74. The molecule has 3 atom stereocenters. The van der Waals surface area contributed by atoms with E-state index in [0.717, 1.165) is 18.2 Å². The maximum Gasteiger partial charge on any atom is 0.269 e. The first-order chi connectivity index (χ1) is 14.2. The van der Waals surface area contributed by atoms with Crippen molar-refractivity contribution in [3.05, 3.63) is 75.3 Å². The van der Waals surface area contributed by atoms with Gasteiger partial charge in [-0.25, -0.2) is 8.78 Å². The van der Waals surface area contributed by atoms with Gasteiger partial charge in [-0.15, -0.1) is 11.8 Å². The first-order valence-corrected chi connectivity index (χ1v) is 9.72. The van der Waals surface area contributed by atoms with Gasteiger partial charge in [0.1, 0.15) is 11.5 Å². The minimum absolute atomic E-state index is 0.0366. The van der Waals surface area contributed by atoms with Crippen LogP contribution in [0.2, 0.25) is 0 Å². The highest BCUT2D eigenvalue weighted by Gasteiger charge is 2.35. The molecule has 5 N–H and O–H groups in total. The number of benzene rings is 2. The lowest BCUT2D eigenvalue weighted by Crippen LogP contribution is -2.70. The third-order valence-electron chi connectivity index (χ3n) is 4.27. The summed E-state index contributed by atoms with van der Waals surface area (Å²) in [7, 11) is 0. The van der Waals surface area contributed by atoms with Crippen LogP contribution >= 0.6 is 11.8 Å². The molecule has 0 bridgehead atoms. The first-order valence-electron chi connectivity index (χ1n) is 8.67. The number of carbonyl (C=O) groups excluding carboxylic acids is 2. The average Bonchev–Trinajstić information content (AvgIpc) is 2.71. The lowest BCUT2D eigenvalue weighted by molar-refractivity contribution is -0.384. The molecule has 1 aliphatic heterocycles. The van der Waals surface area contributed by atoms with Crippen LogP contribution in [0.1, 0.15) is 15.9 Å². The zero-order valence-corrected chi connectivity index (χ0v) is 16.1. The highest BCUT2D eigenvalue weighted by Crippen LogP contribution is 2.21. The SMILES string of the molecule is NC1NC(SCc2cccc([N+](=O)[O-])c2)NC(=O)C1NC(=O)c1ccc(F)c(F)c1. The molecule has 1 heterocycles. The molecule has 9 nitrogen and oxygen atoms in total. The van der Waals surface area contributed by atoms with E-state index in [1.165, 1.54) is 23.9 Å². The van der Waals surface area contributed by atoms with Crippen molar-refractivity contribution < 1.29 is 23.3 Å². The van der Waals surface area contributed by atoms with Gasteiger partial charge in [-0.1, -0.05) is 12.1 Å². The summed E-state index contributed by atoms with van der Waals surface area (Å²) in [4.78, 5) is 34.9. The standard InChI is InChI=1S/C18H17F2N5O4S/c19-12-5-4-10(7-13(12)20)16(26)22-14-15(21)23-18(24-17(14)27)30-8-9-2-1-3-11(6-9)25(28)29/h1-7,14-15,18,23H,8,21H2,(H,22,26)(H,24,27). The van der Waals surface area contributed by atoms with Gasteiger partial charge in [-0.2, -0.15) is 0 Å². The van der Waals surface area contributed by atoms with Crippen molar-refractivity contribution in [3.8, 4) is 0 Å². The van der Waals surface area contributed by atoms with Crippen LogP contribution in [0.15, 0.2) is 42.5 Å². The highest BCUT2D eigenvalue weighted by atomic mass is 32.2. The number of carbonyl (C=O) groups is 2. The quantitative estimate of drug-likeness (QED) is 0.393. The van der Waals surface area contributed by atoms with Crippen molar-refractivity contribution in [2.75, 3.05) is 0 Å². The smallest absolute Gasteiger partial charge is 0.269 e. The Balaban J connectivity index is 1.58. The fraction of sp³-hybridized carbons (Fsp3) is 0.222. The first kappa shape index (κ1) is 21.6. The van der Waals surface area contributed by atoms with Crippen molar-refractivity contribution in [3.63, 3.8) is 0 Å². The summed E-state index contributed by atoms with van der Waals surface area (Å²) in [5.41, 5.74) is 5.85. The van der Waals surface area contributed by atoms with Gasteiger partial charge >= 0.3 is 0 Å². The Hall–Kier alpha value is -3.09. The van der Waals surface area contributed by atoms with Gasteiger partial charge in [0, 0.05) is 23.4 Å². The number of halogens is 2. The Bertz CT molecular complexity index is 993. The van der Waals surface area contributed by atoms with E-state index in [0.29, 0.717) is 11.3 Å². The Labute approximate surface area is 173 Å². The van der Waals surface area contributed by atoms with Crippen LogP contribution < -0.4 is 21.7 Å². The minimum atomic E-state index is -1.18. The van der Waals surface area contributed by atoms with E-state index in [-0.39, 0.29) is 11.3 Å². The molecule has 2 amide bonds. The van der Waals surface area contributed by atoms with Crippen LogP contribution in [0.4, 0.5) is 14.5 Å². The molecule has 1 saturated heterocycles. The van der Waals surface area contributed by atoms with Crippen LogP contribution in [-0.4, -0.2) is 34.4 Å². The third kappa shape index (κ3) is 5.09. The van der Waals surface area contributed by atoms with Gasteiger partial charge in [0.05, 0.1) is 11.1 Å². The molecule has 2 aromatic carbocycles. The van der Waals surface area contributed by atoms with E-state index < -0.39 is 46.1 Å². The summed E-state index contributed by atoms with van der Waals surface area (Å²) in [6.07, 6.45) is -0.949. The molecular weight excluding hydrogens is 420 g/mol. The van der Waals surface area contributed by atoms with E-state index in [2.05, 4.69) is 16.0 Å². The minimum Gasteiger partial charge on any atom is -0.338 e. The van der Waals surface area contributed by atoms with E-state index in [4.69, 9.17) is 5.73 Å². The van der Waals surface area contributed by atoms with Crippen molar-refractivity contribution >= 4 is 29.3 Å². The highest BCUT2D eigenvalue weighted by molar-refractivity contribution is 7.99. The largest absolute Gasteiger partial charge is 0.338 e. The van der Waals surface area contributed by atoms with Crippen LogP contribution in [0.25, 0.3) is 0 Å². The van der Waals surface area contributed by atoms with Crippen molar-refractivity contribution in [1.29, 1.82) is 0 Å². The fourth-order valence-corrected chi connectivity index (χ4v) is 3.73. The van der Waals surface area contributed by atoms with E-state index in [9.17, 15) is 28.5 Å². The number of nitrogens with two attached hydrogens (primary N) is 1. The number of non-ortho nitro benzene ring substituents is 1. The zero-order chi connectivity index (χ0) is 21.8. The molecule has 1 fully saturated rings. The van der Waals surface area contributed by atoms with Crippen LogP contribution in [-0.2, 0) is 10.5 Å². The molecule has 12 heteroatoms. The van der Waals surface area contributed by atoms with Crippen molar-refractivity contribution in [1.82, 2.24) is 16.0 Å². The summed E-state index contributed by atoms with van der Waals surface area (Å²) in [5.74, 6) is -3.26. The molecule has 0 aromatic heterocycles. The molecule has 0 aliphatic carbocycles. The molecule has 2 aromatic rings. The number of hydrogen-bond donors (Lipinski definition) is 4. The zero-order valence-electron chi connectivity index (χ0n) is 15.3. The third-order valence-corrected chi connectivity index (χ3v) is 5.35. The van der Waals surface area contributed by atoms with Gasteiger partial charge < -0.3 is 16.4 Å². The Kier molecular flexibility index (Phi) is 6.59. The van der Waals surface area contributed by atoms with Crippen LogP contribution in [0.5, 0.6) is 0 Å². The maximum atomic E-state index is 13.3. The lowest BCUT2D eigenvalue weighted by atomic mass is 10.1. The number of nitro benzene ring substituents is 1. The predicted molar refractivity (Wildman–Crippen MR) is 105 cm³/mol. The number of rotatable bonds is 6. The van der Waals surface area contributed by atoms with Gasteiger partial charge in [0.15, 0.2) is 11.6 Å². The van der Waals surface area contributed by atoms with E-state index >= 15 is 0 Å². The summed E-state index contributed by atoms with van der Waals surface area (Å²) in [6, 6.07) is 7.58. The number of nitrogens with one attached hydrogen (secondary N) is 3. The molecule has 158 valence electrons. The molecule has 3 rings (SSSR count). The Morgan fingerprint density at radius 3 is 2.67 bits per heavy atom. The van der Waals surface area contributed by atoms with E-state index in [1.807, 2.05) is 0 Å². The summed E-state index contributed by atoms with van der Waals surface area (Å²) in [6.45, 7) is 0. The molecule has 3 unspecified atom stereocenters. The Morgan fingerprint density at radius 1 is 1.23 bits per heavy atom. The molecule has 30 heavy (non-hydrogen) atoms. The lowest BCUT2D eigenvalue weighted by Gasteiger charge is -2.35. The summed E-state index contributed by atoms with van der Waals surface area (Å²) in [5, 5.41) is 18.8. The number of thioether (sulfide) groups is 1. The maximum absolute atomic E-state index is 13.3. The van der Waals surface area contributed by atoms with Crippen LogP contribution in [0, 0.1) is 21.7 Å².